The molecule has 158 valence electrons. The molecule has 2 rings (SSSR count). The standard InChI is InChI=1S/C10H9Cl3O2.C9H7Cl3O2/c11-10(12,13)8(9(14)15)6-7-4-2-1-3-5-7;10-9(11,12)14-8(13)6-7-4-2-1-3-5-7/h1-5,8H,6H2,(H,14,15);1-5H,6H2. The second-order valence-corrected chi connectivity index (χ2v) is 10.3. The number of hydrogen-bond acceptors (Lipinski definition) is 3. The lowest BCUT2D eigenvalue weighted by molar-refractivity contribution is -0.143. The van der Waals surface area contributed by atoms with E-state index in [4.69, 9.17) is 74.7 Å². The molecule has 1 N–H and O–H groups in total. The first-order chi connectivity index (χ1) is 13.4. The second kappa shape index (κ2) is 12.1. The van der Waals surface area contributed by atoms with Crippen molar-refractivity contribution in [3.05, 3.63) is 71.8 Å². The zero-order valence-corrected chi connectivity index (χ0v) is 19.2. The highest BCUT2D eigenvalue weighted by molar-refractivity contribution is 6.68. The van der Waals surface area contributed by atoms with Crippen molar-refractivity contribution in [2.45, 2.75) is 20.6 Å². The quantitative estimate of drug-likeness (QED) is 0.366. The molecule has 29 heavy (non-hydrogen) atoms. The molecule has 4 nitrogen and oxygen atoms in total. The number of halogens is 6. The average molecular weight is 521 g/mol. The number of esters is 1. The summed E-state index contributed by atoms with van der Waals surface area (Å²) in [5.74, 6) is -2.72. The van der Waals surface area contributed by atoms with E-state index in [0.717, 1.165) is 11.1 Å². The van der Waals surface area contributed by atoms with Crippen molar-refractivity contribution in [2.75, 3.05) is 0 Å². The van der Waals surface area contributed by atoms with E-state index in [2.05, 4.69) is 4.74 Å². The number of carbonyl (C=O) groups excluding carboxylic acids is 1. The summed E-state index contributed by atoms with van der Waals surface area (Å²) < 4.78 is 0.729. The van der Waals surface area contributed by atoms with Gasteiger partial charge in [0.05, 0.1) is 6.42 Å². The number of ether oxygens (including phenoxy) is 1. The minimum Gasteiger partial charge on any atom is -0.481 e. The first-order valence-corrected chi connectivity index (χ1v) is 10.3. The van der Waals surface area contributed by atoms with Crippen LogP contribution >= 0.6 is 69.6 Å². The topological polar surface area (TPSA) is 63.6 Å². The minimum absolute atomic E-state index is 0.0920. The summed E-state index contributed by atoms with van der Waals surface area (Å²) in [6.07, 6.45) is 0.293. The van der Waals surface area contributed by atoms with Crippen molar-refractivity contribution in [2.24, 2.45) is 5.92 Å². The molecule has 0 fully saturated rings. The number of aliphatic carboxylic acids is 1. The fourth-order valence-corrected chi connectivity index (χ4v) is 2.89. The number of hydrogen-bond donors (Lipinski definition) is 1. The van der Waals surface area contributed by atoms with Gasteiger partial charge < -0.3 is 9.84 Å². The number of benzene rings is 2. The summed E-state index contributed by atoms with van der Waals surface area (Å²) >= 11 is 32.6. The van der Waals surface area contributed by atoms with Crippen molar-refractivity contribution in [1.82, 2.24) is 0 Å². The molecule has 0 bridgehead atoms. The van der Waals surface area contributed by atoms with E-state index in [1.807, 2.05) is 36.4 Å². The van der Waals surface area contributed by atoms with Crippen LogP contribution in [0.25, 0.3) is 0 Å². The van der Waals surface area contributed by atoms with Crippen LogP contribution in [0.4, 0.5) is 0 Å². The molecule has 0 amide bonds. The van der Waals surface area contributed by atoms with E-state index in [1.54, 1.807) is 24.3 Å². The second-order valence-electron chi connectivity index (χ2n) is 5.70. The van der Waals surface area contributed by atoms with Crippen LogP contribution in [-0.4, -0.2) is 24.8 Å². The highest BCUT2D eigenvalue weighted by atomic mass is 35.6. The van der Waals surface area contributed by atoms with Gasteiger partial charge in [-0.15, -0.1) is 0 Å². The number of alkyl halides is 6. The molecule has 2 aromatic rings. The Morgan fingerprint density at radius 2 is 1.28 bits per heavy atom. The normalized spacial score (nSPS) is 12.3. The number of carboxylic acid groups (broad SMARTS) is 1. The van der Waals surface area contributed by atoms with Gasteiger partial charge in [-0.2, -0.15) is 0 Å². The Bertz CT molecular complexity index is 773. The van der Waals surface area contributed by atoms with Gasteiger partial charge in [-0.3, -0.25) is 9.59 Å². The Morgan fingerprint density at radius 1 is 0.828 bits per heavy atom. The Hall–Kier alpha value is -0.880. The lowest BCUT2D eigenvalue weighted by Crippen LogP contribution is -2.29. The van der Waals surface area contributed by atoms with Crippen LogP contribution in [0, 0.1) is 5.92 Å². The molecular weight excluding hydrogens is 505 g/mol. The van der Waals surface area contributed by atoms with Crippen LogP contribution in [0.5, 0.6) is 0 Å². The molecule has 10 heteroatoms. The zero-order chi connectivity index (χ0) is 22.1. The predicted octanol–water partition coefficient (Wildman–Crippen LogP) is 6.40. The molecule has 0 aromatic heterocycles. The minimum atomic E-state index is -1.98. The van der Waals surface area contributed by atoms with Gasteiger partial charge in [0.1, 0.15) is 5.92 Å². The molecule has 0 aliphatic heterocycles. The van der Waals surface area contributed by atoms with Crippen LogP contribution in [0.2, 0.25) is 0 Å². The highest BCUT2D eigenvalue weighted by Gasteiger charge is 2.38. The van der Waals surface area contributed by atoms with E-state index >= 15 is 0 Å². The molecule has 1 atom stereocenters. The molecule has 0 saturated carbocycles. The Labute approximate surface area is 198 Å². The van der Waals surface area contributed by atoms with Gasteiger partial charge >= 0.3 is 15.9 Å². The van der Waals surface area contributed by atoms with E-state index < -0.39 is 25.6 Å². The van der Waals surface area contributed by atoms with Crippen LogP contribution < -0.4 is 0 Å². The third-order valence-electron chi connectivity index (χ3n) is 3.40. The largest absolute Gasteiger partial charge is 0.481 e. The van der Waals surface area contributed by atoms with Crippen LogP contribution in [0.15, 0.2) is 60.7 Å². The van der Waals surface area contributed by atoms with E-state index in [9.17, 15) is 9.59 Å². The van der Waals surface area contributed by atoms with Crippen LogP contribution in [0.1, 0.15) is 11.1 Å². The average Bonchev–Trinajstić information content (AvgIpc) is 2.59. The molecule has 0 heterocycles. The van der Waals surface area contributed by atoms with Gasteiger partial charge in [0, 0.05) is 0 Å². The summed E-state index contributed by atoms with van der Waals surface area (Å²) in [5, 5.41) is 8.92. The van der Waals surface area contributed by atoms with E-state index in [0.29, 0.717) is 0 Å². The fraction of sp³-hybridized carbons (Fsp3) is 0.263. The Balaban J connectivity index is 0.000000291. The monoisotopic (exact) mass is 518 g/mol. The smallest absolute Gasteiger partial charge is 0.340 e. The van der Waals surface area contributed by atoms with Crippen LogP contribution in [0.3, 0.4) is 0 Å². The third kappa shape index (κ3) is 11.8. The molecule has 0 aliphatic rings. The maximum Gasteiger partial charge on any atom is 0.340 e. The summed E-state index contributed by atoms with van der Waals surface area (Å²) in [6.45, 7) is 0. The summed E-state index contributed by atoms with van der Waals surface area (Å²) in [4.78, 5) is 22.0. The first-order valence-electron chi connectivity index (χ1n) is 8.04. The Morgan fingerprint density at radius 3 is 1.66 bits per heavy atom. The Kier molecular flexibility index (Phi) is 10.9. The number of carboxylic acids is 1. The third-order valence-corrected chi connectivity index (χ3v) is 4.42. The molecular formula is C19H16Cl6O4. The van der Waals surface area contributed by atoms with Gasteiger partial charge in [-0.1, -0.05) is 95.5 Å². The maximum absolute atomic E-state index is 11.2. The van der Waals surface area contributed by atoms with Gasteiger partial charge in [-0.25, -0.2) is 0 Å². The van der Waals surface area contributed by atoms with Crippen LogP contribution in [-0.2, 0) is 27.2 Å². The van der Waals surface area contributed by atoms with Gasteiger partial charge in [0.2, 0.25) is 3.79 Å². The maximum atomic E-state index is 11.2. The van der Waals surface area contributed by atoms with Gasteiger partial charge in [-0.05, 0) is 52.4 Å². The summed E-state index contributed by atoms with van der Waals surface area (Å²) in [6, 6.07) is 18.1. The molecule has 0 saturated heterocycles. The highest BCUT2D eigenvalue weighted by Crippen LogP contribution is 2.37. The zero-order valence-electron chi connectivity index (χ0n) is 14.7. The lowest BCUT2D eigenvalue weighted by Gasteiger charge is -2.20. The van der Waals surface area contributed by atoms with Gasteiger partial charge in [0.25, 0.3) is 0 Å². The SMILES string of the molecule is O=C(Cc1ccccc1)OC(Cl)(Cl)Cl.O=C(O)C(Cc1ccccc1)C(Cl)(Cl)Cl. The summed E-state index contributed by atoms with van der Waals surface area (Å²) in [7, 11) is 0. The molecule has 0 aliphatic carbocycles. The van der Waals surface area contributed by atoms with Crippen molar-refractivity contribution in [1.29, 1.82) is 0 Å². The summed E-state index contributed by atoms with van der Waals surface area (Å²) in [5.41, 5.74) is 1.64. The van der Waals surface area contributed by atoms with Gasteiger partial charge in [0.15, 0.2) is 0 Å². The fourth-order valence-electron chi connectivity index (χ4n) is 2.12. The lowest BCUT2D eigenvalue weighted by atomic mass is 10.0. The van der Waals surface area contributed by atoms with E-state index in [1.165, 1.54) is 0 Å². The first kappa shape index (κ1) is 26.2. The van der Waals surface area contributed by atoms with Crippen molar-refractivity contribution >= 4 is 81.5 Å². The molecule has 0 radical (unpaired) electrons. The van der Waals surface area contributed by atoms with Crippen molar-refractivity contribution in [3.8, 4) is 0 Å². The molecule has 0 spiro atoms. The number of rotatable bonds is 5. The van der Waals surface area contributed by atoms with Crippen molar-refractivity contribution < 1.29 is 19.4 Å². The van der Waals surface area contributed by atoms with Crippen molar-refractivity contribution in [3.63, 3.8) is 0 Å². The predicted molar refractivity (Wildman–Crippen MR) is 118 cm³/mol. The number of carbonyl (C=O) groups is 2. The molecule has 2 aromatic carbocycles. The van der Waals surface area contributed by atoms with E-state index in [-0.39, 0.29) is 12.8 Å². The molecule has 1 unspecified atom stereocenters.